The predicted octanol–water partition coefficient (Wildman–Crippen LogP) is 2.18. The zero-order chi connectivity index (χ0) is 15.0. The minimum absolute atomic E-state index is 0.0401. The number of hydrogen-bond donors (Lipinski definition) is 2. The number of thioether (sulfide) groups is 1. The van der Waals surface area contributed by atoms with E-state index in [9.17, 15) is 4.79 Å². The first-order valence-corrected chi connectivity index (χ1v) is 8.11. The number of aryl methyl sites for hydroxylation is 1. The second-order valence-corrected chi connectivity index (χ2v) is 5.48. The molecule has 0 spiro atoms. The van der Waals surface area contributed by atoms with Gasteiger partial charge in [0.15, 0.2) is 0 Å². The van der Waals surface area contributed by atoms with Crippen molar-refractivity contribution in [3.8, 4) is 11.8 Å². The molecule has 1 unspecified atom stereocenters. The minimum atomic E-state index is -0.0401. The summed E-state index contributed by atoms with van der Waals surface area (Å²) in [6, 6.07) is 5.80. The van der Waals surface area contributed by atoms with E-state index in [1.165, 1.54) is 0 Å². The molecule has 1 aromatic carbocycles. The highest BCUT2D eigenvalue weighted by molar-refractivity contribution is 7.98. The highest BCUT2D eigenvalue weighted by atomic mass is 32.2. The largest absolute Gasteiger partial charge is 0.348 e. The van der Waals surface area contributed by atoms with Crippen molar-refractivity contribution >= 4 is 17.7 Å². The Labute approximate surface area is 125 Å². The molecule has 3 N–H and O–H groups in total. The summed E-state index contributed by atoms with van der Waals surface area (Å²) in [5.74, 6) is 6.71. The van der Waals surface area contributed by atoms with Crippen LogP contribution in [0.2, 0.25) is 0 Å². The van der Waals surface area contributed by atoms with E-state index < -0.39 is 0 Å². The molecule has 0 aromatic heterocycles. The number of carbonyl (C=O) groups excluding carboxylic acids is 1. The van der Waals surface area contributed by atoms with Crippen molar-refractivity contribution in [3.05, 3.63) is 34.9 Å². The van der Waals surface area contributed by atoms with Gasteiger partial charge in [0, 0.05) is 22.9 Å². The average molecular weight is 290 g/mol. The molecule has 3 nitrogen and oxygen atoms in total. The Kier molecular flexibility index (Phi) is 7.21. The third-order valence-electron chi connectivity index (χ3n) is 3.02. The Balaban J connectivity index is 2.88. The zero-order valence-corrected chi connectivity index (χ0v) is 13.1. The molecule has 4 heteroatoms. The fraction of sp³-hybridized carbons (Fsp3) is 0.438. The normalized spacial score (nSPS) is 11.4. The van der Waals surface area contributed by atoms with E-state index in [-0.39, 0.29) is 11.9 Å². The van der Waals surface area contributed by atoms with Crippen LogP contribution in [-0.2, 0) is 0 Å². The fourth-order valence-corrected chi connectivity index (χ4v) is 2.50. The number of benzene rings is 1. The van der Waals surface area contributed by atoms with Crippen LogP contribution >= 0.6 is 11.8 Å². The molecule has 1 rings (SSSR count). The summed E-state index contributed by atoms with van der Waals surface area (Å²) in [6.07, 6.45) is 2.97. The van der Waals surface area contributed by atoms with E-state index >= 15 is 0 Å². The molecule has 0 radical (unpaired) electrons. The van der Waals surface area contributed by atoms with Gasteiger partial charge < -0.3 is 11.1 Å². The van der Waals surface area contributed by atoms with Crippen LogP contribution in [0, 0.1) is 18.8 Å². The van der Waals surface area contributed by atoms with Crippen molar-refractivity contribution in [3.63, 3.8) is 0 Å². The third kappa shape index (κ3) is 4.92. The molecule has 0 aliphatic heterocycles. The summed E-state index contributed by atoms with van der Waals surface area (Å²) in [5, 5.41) is 3.05. The fourth-order valence-electron chi connectivity index (χ4n) is 1.78. The summed E-state index contributed by atoms with van der Waals surface area (Å²) in [7, 11) is 0. The number of amides is 1. The van der Waals surface area contributed by atoms with Crippen molar-refractivity contribution < 1.29 is 4.79 Å². The van der Waals surface area contributed by atoms with Gasteiger partial charge in [0.1, 0.15) is 0 Å². The standard InChI is InChI=1S/C16H22N2OS/c1-4-15(11-20-3)18-16(19)14-8-7-12(2)13(10-14)6-5-9-17/h7-8,10,15H,4,9,11,17H2,1-3H3,(H,18,19). The average Bonchev–Trinajstić information content (AvgIpc) is 2.45. The second-order valence-electron chi connectivity index (χ2n) is 4.57. The van der Waals surface area contributed by atoms with Crippen LogP contribution in [0.1, 0.15) is 34.8 Å². The summed E-state index contributed by atoms with van der Waals surface area (Å²) < 4.78 is 0. The summed E-state index contributed by atoms with van der Waals surface area (Å²) >= 11 is 1.74. The Hall–Kier alpha value is -1.44. The smallest absolute Gasteiger partial charge is 0.251 e. The van der Waals surface area contributed by atoms with Crippen LogP contribution in [0.15, 0.2) is 18.2 Å². The highest BCUT2D eigenvalue weighted by Gasteiger charge is 2.12. The Morgan fingerprint density at radius 3 is 2.85 bits per heavy atom. The molecule has 1 aromatic rings. The van der Waals surface area contributed by atoms with E-state index in [1.807, 2.05) is 31.4 Å². The highest BCUT2D eigenvalue weighted by Crippen LogP contribution is 2.11. The van der Waals surface area contributed by atoms with Crippen LogP contribution < -0.4 is 11.1 Å². The molecule has 0 saturated heterocycles. The van der Waals surface area contributed by atoms with Gasteiger partial charge in [-0.05, 0) is 37.3 Å². The lowest BCUT2D eigenvalue weighted by molar-refractivity contribution is 0.0940. The lowest BCUT2D eigenvalue weighted by atomic mass is 10.0. The second kappa shape index (κ2) is 8.68. The van der Waals surface area contributed by atoms with Crippen LogP contribution in [0.5, 0.6) is 0 Å². The first kappa shape index (κ1) is 16.6. The SMILES string of the molecule is CCC(CSC)NC(=O)c1ccc(C)c(C#CCN)c1. The minimum Gasteiger partial charge on any atom is -0.348 e. The van der Waals surface area contributed by atoms with E-state index in [2.05, 4.69) is 24.1 Å². The molecule has 0 aliphatic rings. The van der Waals surface area contributed by atoms with Crippen molar-refractivity contribution in [2.45, 2.75) is 26.3 Å². The van der Waals surface area contributed by atoms with Crippen molar-refractivity contribution in [1.29, 1.82) is 0 Å². The van der Waals surface area contributed by atoms with Crippen molar-refractivity contribution in [2.24, 2.45) is 5.73 Å². The maximum atomic E-state index is 12.2. The first-order valence-electron chi connectivity index (χ1n) is 6.71. The van der Waals surface area contributed by atoms with Crippen molar-refractivity contribution in [2.75, 3.05) is 18.6 Å². The third-order valence-corrected chi connectivity index (χ3v) is 3.76. The molecule has 108 valence electrons. The van der Waals surface area contributed by atoms with Gasteiger partial charge in [0.2, 0.25) is 0 Å². The van der Waals surface area contributed by atoms with Gasteiger partial charge >= 0.3 is 0 Å². The lowest BCUT2D eigenvalue weighted by Gasteiger charge is -2.16. The van der Waals surface area contributed by atoms with E-state index in [0.29, 0.717) is 12.1 Å². The molecule has 0 fully saturated rings. The quantitative estimate of drug-likeness (QED) is 0.817. The van der Waals surface area contributed by atoms with Crippen LogP contribution in [0.3, 0.4) is 0 Å². The van der Waals surface area contributed by atoms with Crippen LogP contribution in [0.25, 0.3) is 0 Å². The number of rotatable bonds is 5. The number of hydrogen-bond acceptors (Lipinski definition) is 3. The maximum absolute atomic E-state index is 12.2. The molecule has 0 aliphatic carbocycles. The molecule has 0 bridgehead atoms. The first-order chi connectivity index (χ1) is 9.62. The van der Waals surface area contributed by atoms with Gasteiger partial charge in [-0.15, -0.1) is 0 Å². The maximum Gasteiger partial charge on any atom is 0.251 e. The Morgan fingerprint density at radius 2 is 2.25 bits per heavy atom. The van der Waals surface area contributed by atoms with Gasteiger partial charge in [0.25, 0.3) is 5.91 Å². The molecule has 1 amide bonds. The van der Waals surface area contributed by atoms with E-state index in [1.54, 1.807) is 11.8 Å². The number of nitrogens with one attached hydrogen (secondary N) is 1. The summed E-state index contributed by atoms with van der Waals surface area (Å²) in [6.45, 7) is 4.38. The van der Waals surface area contributed by atoms with Crippen molar-refractivity contribution in [1.82, 2.24) is 5.32 Å². The number of carbonyl (C=O) groups is 1. The van der Waals surface area contributed by atoms with Gasteiger partial charge in [0.05, 0.1) is 6.54 Å². The summed E-state index contributed by atoms with van der Waals surface area (Å²) in [4.78, 5) is 12.2. The Bertz CT molecular complexity index is 517. The van der Waals surface area contributed by atoms with Gasteiger partial charge in [-0.1, -0.05) is 24.8 Å². The van der Waals surface area contributed by atoms with E-state index in [4.69, 9.17) is 5.73 Å². The van der Waals surface area contributed by atoms with Gasteiger partial charge in [-0.25, -0.2) is 0 Å². The van der Waals surface area contributed by atoms with Gasteiger partial charge in [-0.2, -0.15) is 11.8 Å². The molecular weight excluding hydrogens is 268 g/mol. The zero-order valence-electron chi connectivity index (χ0n) is 12.3. The molecule has 1 atom stereocenters. The predicted molar refractivity (Wildman–Crippen MR) is 87.0 cm³/mol. The lowest BCUT2D eigenvalue weighted by Crippen LogP contribution is -2.36. The van der Waals surface area contributed by atoms with E-state index in [0.717, 1.165) is 23.3 Å². The molecule has 0 saturated carbocycles. The van der Waals surface area contributed by atoms with Gasteiger partial charge in [-0.3, -0.25) is 4.79 Å². The van der Waals surface area contributed by atoms with Crippen LogP contribution in [0.4, 0.5) is 0 Å². The topological polar surface area (TPSA) is 55.1 Å². The van der Waals surface area contributed by atoms with Crippen LogP contribution in [-0.4, -0.2) is 30.5 Å². The molecule has 20 heavy (non-hydrogen) atoms. The molecular formula is C16H22N2OS. The number of nitrogens with two attached hydrogens (primary N) is 1. The Morgan fingerprint density at radius 1 is 1.50 bits per heavy atom. The summed E-state index contributed by atoms with van der Waals surface area (Å²) in [5.41, 5.74) is 7.95. The molecule has 0 heterocycles. The monoisotopic (exact) mass is 290 g/mol.